The van der Waals surface area contributed by atoms with Crippen molar-refractivity contribution in [1.29, 1.82) is 0 Å². The topological polar surface area (TPSA) is 29.3 Å². The van der Waals surface area contributed by atoms with Crippen LogP contribution in [-0.2, 0) is 0 Å². The van der Waals surface area contributed by atoms with Crippen molar-refractivity contribution in [2.45, 2.75) is 40.5 Å². The second kappa shape index (κ2) is 6.91. The van der Waals surface area contributed by atoms with Gasteiger partial charge in [0.05, 0.1) is 0 Å². The molecule has 2 nitrogen and oxygen atoms in total. The maximum absolute atomic E-state index is 6.01. The lowest BCUT2D eigenvalue weighted by molar-refractivity contribution is 0.284. The number of benzene rings is 1. The summed E-state index contributed by atoms with van der Waals surface area (Å²) in [6, 6.07) is 4.54. The first kappa shape index (κ1) is 15.2. The molecule has 1 aromatic rings. The predicted molar refractivity (Wildman–Crippen MR) is 80.2 cm³/mol. The summed E-state index contributed by atoms with van der Waals surface area (Å²) in [4.78, 5) is 2.45. The molecule has 0 aromatic heterocycles. The van der Waals surface area contributed by atoms with Crippen molar-refractivity contribution in [2.75, 3.05) is 26.2 Å². The highest BCUT2D eigenvalue weighted by Crippen LogP contribution is 2.25. The molecule has 0 bridgehead atoms. The molecule has 102 valence electrons. The summed E-state index contributed by atoms with van der Waals surface area (Å²) >= 11 is 0. The van der Waals surface area contributed by atoms with Crippen LogP contribution in [0.1, 0.15) is 42.0 Å². The van der Waals surface area contributed by atoms with Crippen LogP contribution in [0.5, 0.6) is 0 Å². The summed E-state index contributed by atoms with van der Waals surface area (Å²) in [5.41, 5.74) is 11.6. The number of rotatable bonds is 6. The highest BCUT2D eigenvalue weighted by atomic mass is 15.1. The number of hydrogen-bond donors (Lipinski definition) is 1. The zero-order valence-corrected chi connectivity index (χ0v) is 12.6. The average Bonchev–Trinajstić information content (AvgIpc) is 2.32. The Hall–Kier alpha value is -0.860. The van der Waals surface area contributed by atoms with Gasteiger partial charge in [-0.15, -0.1) is 0 Å². The third kappa shape index (κ3) is 3.56. The lowest BCUT2D eigenvalue weighted by Gasteiger charge is -2.27. The van der Waals surface area contributed by atoms with Gasteiger partial charge in [0.1, 0.15) is 0 Å². The lowest BCUT2D eigenvalue weighted by atomic mass is 9.89. The van der Waals surface area contributed by atoms with Crippen molar-refractivity contribution in [3.05, 3.63) is 34.4 Å². The summed E-state index contributed by atoms with van der Waals surface area (Å²) in [6.45, 7) is 15.0. The molecular formula is C16H28N2. The third-order valence-corrected chi connectivity index (χ3v) is 3.80. The van der Waals surface area contributed by atoms with Crippen LogP contribution in [0.25, 0.3) is 0 Å². The Morgan fingerprint density at radius 3 is 1.94 bits per heavy atom. The van der Waals surface area contributed by atoms with Gasteiger partial charge in [0, 0.05) is 19.0 Å². The molecule has 0 aliphatic heterocycles. The Kier molecular flexibility index (Phi) is 5.83. The molecule has 0 aliphatic rings. The van der Waals surface area contributed by atoms with E-state index in [9.17, 15) is 0 Å². The minimum atomic E-state index is 0.450. The molecule has 0 fully saturated rings. The van der Waals surface area contributed by atoms with E-state index in [1.807, 2.05) is 0 Å². The number of nitrogens with zero attached hydrogens (tertiary/aromatic N) is 1. The molecule has 1 rings (SSSR count). The minimum absolute atomic E-state index is 0.450. The maximum atomic E-state index is 6.01. The molecule has 0 heterocycles. The van der Waals surface area contributed by atoms with Gasteiger partial charge in [-0.05, 0) is 50.6 Å². The quantitative estimate of drug-likeness (QED) is 0.838. The molecule has 0 saturated carbocycles. The second-order valence-corrected chi connectivity index (χ2v) is 5.23. The van der Waals surface area contributed by atoms with Crippen molar-refractivity contribution >= 4 is 0 Å². The van der Waals surface area contributed by atoms with Crippen molar-refractivity contribution in [1.82, 2.24) is 4.90 Å². The van der Waals surface area contributed by atoms with E-state index in [0.29, 0.717) is 5.92 Å². The summed E-state index contributed by atoms with van der Waals surface area (Å²) in [6.07, 6.45) is 0. The fraction of sp³-hybridized carbons (Fsp3) is 0.625. The fourth-order valence-corrected chi connectivity index (χ4v) is 2.91. The molecular weight excluding hydrogens is 220 g/mol. The van der Waals surface area contributed by atoms with E-state index in [1.54, 1.807) is 0 Å². The third-order valence-electron chi connectivity index (χ3n) is 3.80. The number of nitrogens with two attached hydrogens (primary N) is 1. The minimum Gasteiger partial charge on any atom is -0.330 e. The summed E-state index contributed by atoms with van der Waals surface area (Å²) in [5.74, 6) is 0.450. The van der Waals surface area contributed by atoms with Crippen LogP contribution in [0.15, 0.2) is 12.1 Å². The first-order valence-corrected chi connectivity index (χ1v) is 7.03. The zero-order valence-electron chi connectivity index (χ0n) is 12.6. The van der Waals surface area contributed by atoms with E-state index >= 15 is 0 Å². The smallest absolute Gasteiger partial charge is 0.00940 e. The van der Waals surface area contributed by atoms with E-state index in [1.165, 1.54) is 22.3 Å². The van der Waals surface area contributed by atoms with Gasteiger partial charge in [-0.3, -0.25) is 0 Å². The van der Waals surface area contributed by atoms with Gasteiger partial charge in [0.2, 0.25) is 0 Å². The summed E-state index contributed by atoms with van der Waals surface area (Å²) < 4.78 is 0. The largest absolute Gasteiger partial charge is 0.330 e. The zero-order chi connectivity index (χ0) is 13.7. The highest BCUT2D eigenvalue weighted by Gasteiger charge is 2.17. The van der Waals surface area contributed by atoms with Crippen molar-refractivity contribution in [3.63, 3.8) is 0 Å². The van der Waals surface area contributed by atoms with E-state index in [-0.39, 0.29) is 0 Å². The van der Waals surface area contributed by atoms with Gasteiger partial charge in [-0.2, -0.15) is 0 Å². The van der Waals surface area contributed by atoms with E-state index in [4.69, 9.17) is 5.73 Å². The molecule has 0 radical (unpaired) electrons. The highest BCUT2D eigenvalue weighted by molar-refractivity contribution is 5.40. The van der Waals surface area contributed by atoms with Crippen LogP contribution in [0, 0.1) is 20.8 Å². The van der Waals surface area contributed by atoms with Crippen LogP contribution in [0.2, 0.25) is 0 Å². The number of hydrogen-bond acceptors (Lipinski definition) is 2. The maximum Gasteiger partial charge on any atom is 0.00940 e. The first-order chi connectivity index (χ1) is 8.53. The summed E-state index contributed by atoms with van der Waals surface area (Å²) in [5, 5.41) is 0. The SMILES string of the molecule is CCN(CC)CC(CN)c1c(C)cc(C)cc1C. The Morgan fingerprint density at radius 1 is 1.06 bits per heavy atom. The Bertz CT molecular complexity index is 358. The number of aryl methyl sites for hydroxylation is 3. The normalized spacial score (nSPS) is 13.1. The van der Waals surface area contributed by atoms with Gasteiger partial charge < -0.3 is 10.6 Å². The van der Waals surface area contributed by atoms with Crippen molar-refractivity contribution in [3.8, 4) is 0 Å². The van der Waals surface area contributed by atoms with Crippen LogP contribution >= 0.6 is 0 Å². The molecule has 0 spiro atoms. The Balaban J connectivity index is 3.01. The predicted octanol–water partition coefficient (Wildman–Crippen LogP) is 3.00. The van der Waals surface area contributed by atoms with E-state index in [2.05, 4.69) is 51.7 Å². The lowest BCUT2D eigenvalue weighted by Crippen LogP contribution is -2.32. The van der Waals surface area contributed by atoms with Crippen molar-refractivity contribution < 1.29 is 0 Å². The molecule has 0 saturated heterocycles. The van der Waals surface area contributed by atoms with Gasteiger partial charge in [-0.25, -0.2) is 0 Å². The molecule has 1 aromatic carbocycles. The molecule has 0 amide bonds. The molecule has 2 N–H and O–H groups in total. The molecule has 1 atom stereocenters. The standard InChI is InChI=1S/C16H28N2/c1-6-18(7-2)11-15(10-17)16-13(4)8-12(3)9-14(16)5/h8-9,15H,6-7,10-11,17H2,1-5H3. The van der Waals surface area contributed by atoms with Crippen LogP contribution < -0.4 is 5.73 Å². The van der Waals surface area contributed by atoms with E-state index < -0.39 is 0 Å². The molecule has 1 unspecified atom stereocenters. The van der Waals surface area contributed by atoms with Gasteiger partial charge >= 0.3 is 0 Å². The van der Waals surface area contributed by atoms with Crippen LogP contribution in [-0.4, -0.2) is 31.1 Å². The number of likely N-dealkylation sites (N-methyl/N-ethyl adjacent to an activating group) is 1. The van der Waals surface area contributed by atoms with Crippen LogP contribution in [0.4, 0.5) is 0 Å². The molecule has 2 heteroatoms. The Morgan fingerprint density at radius 2 is 1.56 bits per heavy atom. The monoisotopic (exact) mass is 248 g/mol. The van der Waals surface area contributed by atoms with Gasteiger partial charge in [-0.1, -0.05) is 31.5 Å². The fourth-order valence-electron chi connectivity index (χ4n) is 2.91. The molecule has 0 aliphatic carbocycles. The Labute approximate surface area is 112 Å². The van der Waals surface area contributed by atoms with Gasteiger partial charge in [0.25, 0.3) is 0 Å². The van der Waals surface area contributed by atoms with E-state index in [0.717, 1.165) is 26.2 Å². The van der Waals surface area contributed by atoms with Gasteiger partial charge in [0.15, 0.2) is 0 Å². The van der Waals surface area contributed by atoms with Crippen LogP contribution in [0.3, 0.4) is 0 Å². The average molecular weight is 248 g/mol. The molecule has 18 heavy (non-hydrogen) atoms. The first-order valence-electron chi connectivity index (χ1n) is 7.03. The van der Waals surface area contributed by atoms with Crippen molar-refractivity contribution in [2.24, 2.45) is 5.73 Å². The summed E-state index contributed by atoms with van der Waals surface area (Å²) in [7, 11) is 0. The second-order valence-electron chi connectivity index (χ2n) is 5.23.